The molecule has 0 amide bonds. The van der Waals surface area contributed by atoms with Gasteiger partial charge in [0.15, 0.2) is 18.5 Å². The van der Waals surface area contributed by atoms with Crippen LogP contribution in [0.15, 0.2) is 27.9 Å². The average Bonchev–Trinajstić information content (AvgIpc) is 2.78. The SMILES string of the molecule is CCOC(=O)[C@H]1N=CO[C@@H]1c1cncc(Br)c1. The first-order valence-electron chi connectivity index (χ1n) is 5.16. The Hall–Kier alpha value is -1.43. The maximum absolute atomic E-state index is 11.7. The number of ether oxygens (including phenoxy) is 2. The van der Waals surface area contributed by atoms with E-state index >= 15 is 0 Å². The molecule has 0 fully saturated rings. The average molecular weight is 299 g/mol. The van der Waals surface area contributed by atoms with Crippen molar-refractivity contribution in [2.45, 2.75) is 19.1 Å². The van der Waals surface area contributed by atoms with Crippen LogP contribution in [0.1, 0.15) is 18.6 Å². The van der Waals surface area contributed by atoms with E-state index < -0.39 is 12.1 Å². The highest BCUT2D eigenvalue weighted by Crippen LogP contribution is 2.28. The second-order valence-corrected chi connectivity index (χ2v) is 4.36. The van der Waals surface area contributed by atoms with Gasteiger partial charge in [-0.15, -0.1) is 0 Å². The molecule has 2 rings (SSSR count). The van der Waals surface area contributed by atoms with Crippen molar-refractivity contribution in [3.8, 4) is 0 Å². The maximum atomic E-state index is 11.7. The lowest BCUT2D eigenvalue weighted by Gasteiger charge is -2.16. The zero-order valence-electron chi connectivity index (χ0n) is 9.17. The van der Waals surface area contributed by atoms with E-state index in [0.29, 0.717) is 6.61 Å². The van der Waals surface area contributed by atoms with Crippen LogP contribution in [0.3, 0.4) is 0 Å². The van der Waals surface area contributed by atoms with Gasteiger partial charge in [0.1, 0.15) is 0 Å². The zero-order chi connectivity index (χ0) is 12.3. The molecular weight excluding hydrogens is 288 g/mol. The van der Waals surface area contributed by atoms with Crippen LogP contribution in [0, 0.1) is 0 Å². The molecule has 0 bridgehead atoms. The molecule has 5 nitrogen and oxygen atoms in total. The summed E-state index contributed by atoms with van der Waals surface area (Å²) < 4.78 is 11.1. The lowest BCUT2D eigenvalue weighted by molar-refractivity contribution is -0.146. The number of carbonyl (C=O) groups is 1. The zero-order valence-corrected chi connectivity index (χ0v) is 10.8. The fourth-order valence-electron chi connectivity index (χ4n) is 1.58. The van der Waals surface area contributed by atoms with Crippen LogP contribution in [0.25, 0.3) is 0 Å². The molecule has 0 radical (unpaired) electrons. The summed E-state index contributed by atoms with van der Waals surface area (Å²) in [5, 5.41) is 0. The first-order valence-corrected chi connectivity index (χ1v) is 5.96. The fourth-order valence-corrected chi connectivity index (χ4v) is 1.96. The largest absolute Gasteiger partial charge is 0.473 e. The summed E-state index contributed by atoms with van der Waals surface area (Å²) in [4.78, 5) is 19.7. The highest BCUT2D eigenvalue weighted by molar-refractivity contribution is 9.10. The highest BCUT2D eigenvalue weighted by atomic mass is 79.9. The number of hydrogen-bond acceptors (Lipinski definition) is 5. The third-order valence-corrected chi connectivity index (χ3v) is 2.73. The smallest absolute Gasteiger partial charge is 0.335 e. The van der Waals surface area contributed by atoms with Gasteiger partial charge in [-0.3, -0.25) is 4.98 Å². The lowest BCUT2D eigenvalue weighted by atomic mass is 10.1. The summed E-state index contributed by atoms with van der Waals surface area (Å²) in [5.74, 6) is -0.383. The molecule has 0 unspecified atom stereocenters. The Balaban J connectivity index is 2.18. The third-order valence-electron chi connectivity index (χ3n) is 2.30. The molecule has 90 valence electrons. The van der Waals surface area contributed by atoms with Gasteiger partial charge in [0, 0.05) is 22.4 Å². The Kier molecular flexibility index (Phi) is 3.73. The van der Waals surface area contributed by atoms with Crippen molar-refractivity contribution in [3.63, 3.8) is 0 Å². The van der Waals surface area contributed by atoms with Crippen molar-refractivity contribution in [2.75, 3.05) is 6.61 Å². The van der Waals surface area contributed by atoms with Gasteiger partial charge in [0.05, 0.1) is 6.61 Å². The van der Waals surface area contributed by atoms with Crippen LogP contribution >= 0.6 is 15.9 Å². The van der Waals surface area contributed by atoms with Gasteiger partial charge in [-0.05, 0) is 28.9 Å². The van der Waals surface area contributed by atoms with Gasteiger partial charge in [-0.2, -0.15) is 0 Å². The summed E-state index contributed by atoms with van der Waals surface area (Å²) in [6.07, 6.45) is 4.14. The summed E-state index contributed by atoms with van der Waals surface area (Å²) in [6, 6.07) is 1.20. The molecule has 0 aliphatic carbocycles. The summed E-state index contributed by atoms with van der Waals surface area (Å²) in [7, 11) is 0. The molecule has 0 saturated carbocycles. The predicted octanol–water partition coefficient (Wildman–Crippen LogP) is 1.88. The number of rotatable bonds is 3. The van der Waals surface area contributed by atoms with Crippen molar-refractivity contribution in [2.24, 2.45) is 4.99 Å². The minimum Gasteiger partial charge on any atom is -0.473 e. The Bertz CT molecular complexity index is 450. The van der Waals surface area contributed by atoms with Crippen LogP contribution in [0.4, 0.5) is 0 Å². The van der Waals surface area contributed by atoms with Crippen LogP contribution in [-0.2, 0) is 14.3 Å². The first-order chi connectivity index (χ1) is 8.22. The van der Waals surface area contributed by atoms with E-state index in [4.69, 9.17) is 9.47 Å². The molecule has 2 atom stereocenters. The molecule has 6 heteroatoms. The van der Waals surface area contributed by atoms with Crippen LogP contribution < -0.4 is 0 Å². The molecule has 0 aromatic carbocycles. The van der Waals surface area contributed by atoms with Gasteiger partial charge in [-0.25, -0.2) is 9.79 Å². The fraction of sp³-hybridized carbons (Fsp3) is 0.364. The molecule has 2 heterocycles. The molecule has 0 spiro atoms. The van der Waals surface area contributed by atoms with Crippen molar-refractivity contribution in [1.29, 1.82) is 0 Å². The number of aromatic nitrogens is 1. The summed E-state index contributed by atoms with van der Waals surface area (Å²) in [5.41, 5.74) is 0.787. The Morgan fingerprint density at radius 1 is 1.59 bits per heavy atom. The monoisotopic (exact) mass is 298 g/mol. The van der Waals surface area contributed by atoms with Gasteiger partial charge in [-0.1, -0.05) is 0 Å². The molecule has 0 N–H and O–H groups in total. The van der Waals surface area contributed by atoms with Crippen LogP contribution in [-0.4, -0.2) is 30.0 Å². The summed E-state index contributed by atoms with van der Waals surface area (Å²) >= 11 is 3.32. The molecule has 1 aromatic heterocycles. The second kappa shape index (κ2) is 5.27. The molecule has 1 aromatic rings. The van der Waals surface area contributed by atoms with E-state index in [9.17, 15) is 4.79 Å². The van der Waals surface area contributed by atoms with E-state index in [1.807, 2.05) is 6.07 Å². The van der Waals surface area contributed by atoms with Crippen molar-refractivity contribution in [1.82, 2.24) is 4.98 Å². The number of nitrogens with zero attached hydrogens (tertiary/aromatic N) is 2. The van der Waals surface area contributed by atoms with Crippen molar-refractivity contribution >= 4 is 28.3 Å². The first kappa shape index (κ1) is 12.0. The lowest BCUT2D eigenvalue weighted by Crippen LogP contribution is -2.26. The Morgan fingerprint density at radius 2 is 2.41 bits per heavy atom. The highest BCUT2D eigenvalue weighted by Gasteiger charge is 2.35. The maximum Gasteiger partial charge on any atom is 0.335 e. The minimum absolute atomic E-state index is 0.328. The molecule has 0 saturated heterocycles. The number of aliphatic imine (C=N–C) groups is 1. The quantitative estimate of drug-likeness (QED) is 0.800. The second-order valence-electron chi connectivity index (χ2n) is 3.44. The molecule has 17 heavy (non-hydrogen) atoms. The molecule has 1 aliphatic heterocycles. The van der Waals surface area contributed by atoms with Gasteiger partial charge >= 0.3 is 5.97 Å². The molecular formula is C11H11BrN2O3. The van der Waals surface area contributed by atoms with E-state index in [1.54, 1.807) is 19.3 Å². The van der Waals surface area contributed by atoms with Crippen molar-refractivity contribution in [3.05, 3.63) is 28.5 Å². The number of hydrogen-bond donors (Lipinski definition) is 0. The minimum atomic E-state index is -0.647. The van der Waals surface area contributed by atoms with Crippen LogP contribution in [0.2, 0.25) is 0 Å². The molecule has 1 aliphatic rings. The number of carbonyl (C=O) groups excluding carboxylic acids is 1. The van der Waals surface area contributed by atoms with E-state index in [2.05, 4.69) is 25.9 Å². The topological polar surface area (TPSA) is 60.8 Å². The normalized spacial score (nSPS) is 22.2. The Labute approximate surface area is 107 Å². The number of esters is 1. The Morgan fingerprint density at radius 3 is 3.12 bits per heavy atom. The van der Waals surface area contributed by atoms with Gasteiger partial charge in [0.2, 0.25) is 0 Å². The van der Waals surface area contributed by atoms with Crippen molar-refractivity contribution < 1.29 is 14.3 Å². The van der Waals surface area contributed by atoms with Gasteiger partial charge < -0.3 is 9.47 Å². The predicted molar refractivity (Wildman–Crippen MR) is 64.7 cm³/mol. The number of pyridine rings is 1. The summed E-state index contributed by atoms with van der Waals surface area (Å²) in [6.45, 7) is 2.08. The number of halogens is 1. The van der Waals surface area contributed by atoms with E-state index in [-0.39, 0.29) is 5.97 Å². The van der Waals surface area contributed by atoms with Gasteiger partial charge in [0.25, 0.3) is 0 Å². The van der Waals surface area contributed by atoms with Crippen LogP contribution in [0.5, 0.6) is 0 Å². The van der Waals surface area contributed by atoms with E-state index in [1.165, 1.54) is 6.40 Å². The van der Waals surface area contributed by atoms with E-state index in [0.717, 1.165) is 10.0 Å². The standard InChI is InChI=1S/C11H11BrN2O3/c1-2-16-11(15)9-10(17-6-14-9)7-3-8(12)5-13-4-7/h3-6,9-10H,2H2,1H3/t9-,10+/m0/s1. The third kappa shape index (κ3) is 2.63.